The van der Waals surface area contributed by atoms with E-state index < -0.39 is 0 Å². The lowest BCUT2D eigenvalue weighted by molar-refractivity contribution is 0.302. The van der Waals surface area contributed by atoms with E-state index in [4.69, 9.17) is 5.26 Å². The van der Waals surface area contributed by atoms with Crippen LogP contribution in [0.4, 0.5) is 0 Å². The quantitative estimate of drug-likeness (QED) is 0.729. The van der Waals surface area contributed by atoms with E-state index in [1.165, 1.54) is 0 Å². The molecule has 0 aliphatic heterocycles. The van der Waals surface area contributed by atoms with Crippen LogP contribution in [0.2, 0.25) is 0 Å². The number of nitriles is 1. The molecule has 0 bridgehead atoms. The van der Waals surface area contributed by atoms with Crippen molar-refractivity contribution in [2.75, 3.05) is 26.2 Å². The minimum Gasteiger partial charge on any atom is -0.311 e. The highest BCUT2D eigenvalue weighted by Gasteiger charge is 2.01. The molecule has 0 saturated carbocycles. The molecule has 0 aliphatic carbocycles. The Labute approximate surface area is 104 Å². The molecule has 0 saturated heterocycles. The molecule has 1 aromatic rings. The second-order valence-corrected chi connectivity index (χ2v) is 3.97. The fraction of sp³-hybridized carbons (Fsp3) is 0.500. The van der Waals surface area contributed by atoms with Gasteiger partial charge < -0.3 is 10.2 Å². The molecule has 0 amide bonds. The molecular formula is C14H21N3. The van der Waals surface area contributed by atoms with E-state index >= 15 is 0 Å². The molecule has 0 atom stereocenters. The van der Waals surface area contributed by atoms with Gasteiger partial charge in [-0.1, -0.05) is 32.0 Å². The second-order valence-electron chi connectivity index (χ2n) is 3.97. The van der Waals surface area contributed by atoms with Crippen LogP contribution in [0.5, 0.6) is 0 Å². The van der Waals surface area contributed by atoms with Gasteiger partial charge in [-0.05, 0) is 24.7 Å². The van der Waals surface area contributed by atoms with Crippen LogP contribution in [-0.4, -0.2) is 31.1 Å². The standard InChI is InChI=1S/C14H21N3/c1-3-17(4-2)10-9-16-12-14-8-6-5-7-13(14)11-15/h5-8,16H,3-4,9-10,12H2,1-2H3. The van der Waals surface area contributed by atoms with E-state index in [0.29, 0.717) is 0 Å². The lowest BCUT2D eigenvalue weighted by atomic mass is 10.1. The van der Waals surface area contributed by atoms with Gasteiger partial charge in [-0.15, -0.1) is 0 Å². The van der Waals surface area contributed by atoms with Crippen LogP contribution in [-0.2, 0) is 6.54 Å². The van der Waals surface area contributed by atoms with Crippen LogP contribution in [0.15, 0.2) is 24.3 Å². The summed E-state index contributed by atoms with van der Waals surface area (Å²) in [5.41, 5.74) is 1.84. The van der Waals surface area contributed by atoms with Gasteiger partial charge in [-0.2, -0.15) is 5.26 Å². The summed E-state index contributed by atoms with van der Waals surface area (Å²) in [6.45, 7) is 9.32. The van der Waals surface area contributed by atoms with E-state index in [2.05, 4.69) is 30.1 Å². The van der Waals surface area contributed by atoms with E-state index in [0.717, 1.165) is 43.9 Å². The largest absolute Gasteiger partial charge is 0.311 e. The number of likely N-dealkylation sites (N-methyl/N-ethyl adjacent to an activating group) is 1. The average molecular weight is 231 g/mol. The van der Waals surface area contributed by atoms with E-state index in [9.17, 15) is 0 Å². The topological polar surface area (TPSA) is 39.1 Å². The Kier molecular flexibility index (Phi) is 6.31. The predicted molar refractivity (Wildman–Crippen MR) is 70.7 cm³/mol. The van der Waals surface area contributed by atoms with Crippen LogP contribution in [0, 0.1) is 11.3 Å². The lowest BCUT2D eigenvalue weighted by Crippen LogP contribution is -2.31. The summed E-state index contributed by atoms with van der Waals surface area (Å²) in [4.78, 5) is 2.38. The zero-order valence-corrected chi connectivity index (χ0v) is 10.7. The van der Waals surface area contributed by atoms with E-state index in [1.807, 2.05) is 24.3 Å². The number of benzene rings is 1. The first-order valence-corrected chi connectivity index (χ1v) is 6.22. The molecule has 0 aliphatic rings. The summed E-state index contributed by atoms with van der Waals surface area (Å²) in [6, 6.07) is 9.96. The molecule has 0 fully saturated rings. The molecule has 0 radical (unpaired) electrons. The Bertz CT molecular complexity index is 364. The lowest BCUT2D eigenvalue weighted by Gasteiger charge is -2.18. The van der Waals surface area contributed by atoms with Crippen LogP contribution in [0.1, 0.15) is 25.0 Å². The first-order chi connectivity index (χ1) is 8.31. The first-order valence-electron chi connectivity index (χ1n) is 6.22. The maximum atomic E-state index is 8.95. The van der Waals surface area contributed by atoms with Gasteiger partial charge >= 0.3 is 0 Å². The van der Waals surface area contributed by atoms with Crippen molar-refractivity contribution in [2.45, 2.75) is 20.4 Å². The van der Waals surface area contributed by atoms with Crippen LogP contribution in [0.3, 0.4) is 0 Å². The monoisotopic (exact) mass is 231 g/mol. The molecule has 92 valence electrons. The molecule has 0 aromatic heterocycles. The molecule has 3 heteroatoms. The molecule has 1 rings (SSSR count). The number of rotatable bonds is 7. The summed E-state index contributed by atoms with van der Waals surface area (Å²) in [7, 11) is 0. The highest BCUT2D eigenvalue weighted by Crippen LogP contribution is 2.06. The fourth-order valence-corrected chi connectivity index (χ4v) is 1.78. The Morgan fingerprint density at radius 1 is 1.24 bits per heavy atom. The van der Waals surface area contributed by atoms with Gasteiger partial charge in [0.1, 0.15) is 0 Å². The molecule has 1 N–H and O–H groups in total. The summed E-state index contributed by atoms with van der Waals surface area (Å²) in [5, 5.41) is 12.3. The number of nitrogens with one attached hydrogen (secondary N) is 1. The molecule has 17 heavy (non-hydrogen) atoms. The average Bonchev–Trinajstić information content (AvgIpc) is 2.39. The van der Waals surface area contributed by atoms with Crippen molar-refractivity contribution in [3.8, 4) is 6.07 Å². The number of nitrogens with zero attached hydrogens (tertiary/aromatic N) is 2. The summed E-state index contributed by atoms with van der Waals surface area (Å²) >= 11 is 0. The summed E-state index contributed by atoms with van der Waals surface area (Å²) < 4.78 is 0. The Balaban J connectivity index is 2.34. The van der Waals surface area contributed by atoms with Gasteiger partial charge in [0.2, 0.25) is 0 Å². The van der Waals surface area contributed by atoms with Gasteiger partial charge in [0.15, 0.2) is 0 Å². The molecule has 3 nitrogen and oxygen atoms in total. The zero-order valence-electron chi connectivity index (χ0n) is 10.7. The predicted octanol–water partition coefficient (Wildman–Crippen LogP) is 1.99. The summed E-state index contributed by atoms with van der Waals surface area (Å²) in [6.07, 6.45) is 0. The van der Waals surface area contributed by atoms with Crippen LogP contribution in [0.25, 0.3) is 0 Å². The third kappa shape index (κ3) is 4.56. The number of hydrogen-bond acceptors (Lipinski definition) is 3. The van der Waals surface area contributed by atoms with Crippen molar-refractivity contribution in [1.29, 1.82) is 5.26 Å². The third-order valence-corrected chi connectivity index (χ3v) is 2.95. The minimum absolute atomic E-state index is 0.767. The zero-order chi connectivity index (χ0) is 12.5. The molecule has 0 spiro atoms. The molecular weight excluding hydrogens is 210 g/mol. The minimum atomic E-state index is 0.767. The van der Waals surface area contributed by atoms with Crippen molar-refractivity contribution >= 4 is 0 Å². The van der Waals surface area contributed by atoms with Crippen molar-refractivity contribution in [2.24, 2.45) is 0 Å². The Morgan fingerprint density at radius 2 is 1.94 bits per heavy atom. The van der Waals surface area contributed by atoms with Gasteiger partial charge in [-0.3, -0.25) is 0 Å². The third-order valence-electron chi connectivity index (χ3n) is 2.95. The van der Waals surface area contributed by atoms with Gasteiger partial charge in [0.05, 0.1) is 11.6 Å². The highest BCUT2D eigenvalue weighted by atomic mass is 15.1. The van der Waals surface area contributed by atoms with Crippen molar-refractivity contribution in [3.05, 3.63) is 35.4 Å². The van der Waals surface area contributed by atoms with Crippen molar-refractivity contribution < 1.29 is 0 Å². The van der Waals surface area contributed by atoms with Crippen molar-refractivity contribution in [1.82, 2.24) is 10.2 Å². The first kappa shape index (κ1) is 13.7. The molecule has 0 heterocycles. The highest BCUT2D eigenvalue weighted by molar-refractivity contribution is 5.37. The molecule has 1 aromatic carbocycles. The van der Waals surface area contributed by atoms with Gasteiger partial charge in [0.25, 0.3) is 0 Å². The maximum Gasteiger partial charge on any atom is 0.0995 e. The van der Waals surface area contributed by atoms with Gasteiger partial charge in [-0.25, -0.2) is 0 Å². The van der Waals surface area contributed by atoms with E-state index in [-0.39, 0.29) is 0 Å². The Morgan fingerprint density at radius 3 is 2.59 bits per heavy atom. The van der Waals surface area contributed by atoms with Crippen LogP contribution >= 0.6 is 0 Å². The van der Waals surface area contributed by atoms with Crippen molar-refractivity contribution in [3.63, 3.8) is 0 Å². The SMILES string of the molecule is CCN(CC)CCNCc1ccccc1C#N. The maximum absolute atomic E-state index is 8.95. The molecule has 0 unspecified atom stereocenters. The van der Waals surface area contributed by atoms with Gasteiger partial charge in [0, 0.05) is 19.6 Å². The fourth-order valence-electron chi connectivity index (χ4n) is 1.78. The number of hydrogen-bond donors (Lipinski definition) is 1. The normalized spacial score (nSPS) is 10.5. The Hall–Kier alpha value is -1.37. The van der Waals surface area contributed by atoms with Crippen LogP contribution < -0.4 is 5.32 Å². The summed E-state index contributed by atoms with van der Waals surface area (Å²) in [5.74, 6) is 0. The second kappa shape index (κ2) is 7.83. The smallest absolute Gasteiger partial charge is 0.0995 e. The van der Waals surface area contributed by atoms with E-state index in [1.54, 1.807) is 0 Å².